The number of methoxy groups -OCH3 is 1. The Balaban J connectivity index is 4.05. The van der Waals surface area contributed by atoms with E-state index in [2.05, 4.69) is 32.2 Å². The van der Waals surface area contributed by atoms with E-state index >= 15 is 0 Å². The summed E-state index contributed by atoms with van der Waals surface area (Å²) >= 11 is 0. The average molecular weight is 198 g/mol. The van der Waals surface area contributed by atoms with E-state index in [0.717, 1.165) is 6.42 Å². The van der Waals surface area contributed by atoms with Crippen LogP contribution in [0.2, 0.25) is 0 Å². The van der Waals surface area contributed by atoms with Crippen LogP contribution in [0.5, 0.6) is 0 Å². The number of ether oxygens (including phenoxy) is 1. The fraction of sp³-hybridized carbons (Fsp3) is 0.909. The van der Waals surface area contributed by atoms with Gasteiger partial charge in [0.25, 0.3) is 0 Å². The predicted molar refractivity (Wildman–Crippen MR) is 57.9 cm³/mol. The molecule has 0 bridgehead atoms. The molecule has 0 saturated heterocycles. The lowest BCUT2D eigenvalue weighted by atomic mass is 10.0. The minimum atomic E-state index is 0.294. The Hall–Kier alpha value is -0.590. The fourth-order valence-corrected chi connectivity index (χ4v) is 1.35. The van der Waals surface area contributed by atoms with Crippen LogP contribution in [0.4, 0.5) is 0 Å². The van der Waals surface area contributed by atoms with Crippen LogP contribution in [-0.4, -0.2) is 25.8 Å². The largest absolute Gasteiger partial charge is 0.383 e. The van der Waals surface area contributed by atoms with Crippen LogP contribution in [0.15, 0.2) is 0 Å². The first-order valence-electron chi connectivity index (χ1n) is 5.27. The Morgan fingerprint density at radius 1 is 1.43 bits per heavy atom. The molecular formula is C11H22N2O. The van der Waals surface area contributed by atoms with Crippen molar-refractivity contribution < 1.29 is 4.74 Å². The van der Waals surface area contributed by atoms with Gasteiger partial charge in [-0.2, -0.15) is 5.26 Å². The van der Waals surface area contributed by atoms with Gasteiger partial charge in [-0.05, 0) is 12.3 Å². The lowest BCUT2D eigenvalue weighted by molar-refractivity contribution is 0.140. The molecule has 3 heteroatoms. The van der Waals surface area contributed by atoms with Crippen molar-refractivity contribution in [2.45, 2.75) is 45.7 Å². The summed E-state index contributed by atoms with van der Waals surface area (Å²) in [6.45, 7) is 7.13. The van der Waals surface area contributed by atoms with Crippen molar-refractivity contribution in [1.29, 1.82) is 5.26 Å². The Labute approximate surface area is 87.4 Å². The molecule has 0 aliphatic carbocycles. The van der Waals surface area contributed by atoms with Gasteiger partial charge in [-0.1, -0.05) is 20.8 Å². The summed E-state index contributed by atoms with van der Waals surface area (Å²) in [5.41, 5.74) is 0. The van der Waals surface area contributed by atoms with Crippen LogP contribution in [0.25, 0.3) is 0 Å². The zero-order valence-electron chi connectivity index (χ0n) is 9.71. The number of nitrogens with one attached hydrogen (secondary N) is 1. The average Bonchev–Trinajstić information content (AvgIpc) is 2.15. The molecule has 0 amide bonds. The van der Waals surface area contributed by atoms with Gasteiger partial charge in [-0.25, -0.2) is 0 Å². The Bertz CT molecular complexity index is 175. The number of nitrogens with zero attached hydrogens (tertiary/aromatic N) is 1. The van der Waals surface area contributed by atoms with Crippen molar-refractivity contribution in [2.24, 2.45) is 5.92 Å². The lowest BCUT2D eigenvalue weighted by Crippen LogP contribution is -2.43. The first-order chi connectivity index (χ1) is 6.65. The third-order valence-electron chi connectivity index (χ3n) is 2.43. The van der Waals surface area contributed by atoms with Crippen LogP contribution < -0.4 is 5.32 Å². The van der Waals surface area contributed by atoms with Crippen molar-refractivity contribution >= 4 is 0 Å². The highest BCUT2D eigenvalue weighted by Crippen LogP contribution is 2.06. The highest BCUT2D eigenvalue weighted by atomic mass is 16.5. The van der Waals surface area contributed by atoms with E-state index in [1.165, 1.54) is 0 Å². The van der Waals surface area contributed by atoms with Crippen molar-refractivity contribution in [2.75, 3.05) is 13.7 Å². The van der Waals surface area contributed by atoms with Crippen LogP contribution >= 0.6 is 0 Å². The SMILES string of the molecule is CCC(CC#N)NC(COC)C(C)C. The molecule has 0 radical (unpaired) electrons. The zero-order valence-corrected chi connectivity index (χ0v) is 9.71. The molecule has 14 heavy (non-hydrogen) atoms. The molecule has 2 atom stereocenters. The molecule has 0 aliphatic rings. The molecule has 3 nitrogen and oxygen atoms in total. The molecule has 0 fully saturated rings. The van der Waals surface area contributed by atoms with Gasteiger partial charge >= 0.3 is 0 Å². The predicted octanol–water partition coefficient (Wildman–Crippen LogP) is 1.94. The van der Waals surface area contributed by atoms with Crippen LogP contribution in [0.1, 0.15) is 33.6 Å². The van der Waals surface area contributed by atoms with E-state index < -0.39 is 0 Å². The molecule has 1 N–H and O–H groups in total. The molecule has 0 aromatic carbocycles. The normalized spacial score (nSPS) is 15.1. The monoisotopic (exact) mass is 198 g/mol. The van der Waals surface area contributed by atoms with E-state index in [1.54, 1.807) is 7.11 Å². The van der Waals surface area contributed by atoms with Gasteiger partial charge in [0.05, 0.1) is 19.1 Å². The molecule has 2 unspecified atom stereocenters. The molecule has 0 aromatic rings. The summed E-state index contributed by atoms with van der Waals surface area (Å²) < 4.78 is 5.14. The van der Waals surface area contributed by atoms with Crippen LogP contribution in [0.3, 0.4) is 0 Å². The first kappa shape index (κ1) is 13.4. The van der Waals surface area contributed by atoms with E-state index in [9.17, 15) is 0 Å². The van der Waals surface area contributed by atoms with E-state index in [4.69, 9.17) is 10.00 Å². The maximum Gasteiger partial charge on any atom is 0.0638 e. The number of rotatable bonds is 7. The molecule has 0 aliphatic heterocycles. The first-order valence-corrected chi connectivity index (χ1v) is 5.27. The Morgan fingerprint density at radius 3 is 2.43 bits per heavy atom. The van der Waals surface area contributed by atoms with E-state index in [-0.39, 0.29) is 0 Å². The second-order valence-corrected chi connectivity index (χ2v) is 3.94. The maximum atomic E-state index is 8.63. The molecule has 0 saturated carbocycles. The van der Waals surface area contributed by atoms with Crippen molar-refractivity contribution in [3.05, 3.63) is 0 Å². The van der Waals surface area contributed by atoms with Gasteiger partial charge in [0.15, 0.2) is 0 Å². The topological polar surface area (TPSA) is 45.0 Å². The third-order valence-corrected chi connectivity index (χ3v) is 2.43. The van der Waals surface area contributed by atoms with Gasteiger partial charge in [-0.3, -0.25) is 0 Å². The van der Waals surface area contributed by atoms with Crippen LogP contribution in [-0.2, 0) is 4.74 Å². The molecular weight excluding hydrogens is 176 g/mol. The minimum Gasteiger partial charge on any atom is -0.383 e. The Kier molecular flexibility index (Phi) is 7.45. The standard InChI is InChI=1S/C11H22N2O/c1-5-10(6-7-12)13-11(8-14-4)9(2)3/h9-11,13H,5-6,8H2,1-4H3. The van der Waals surface area contributed by atoms with Gasteiger partial charge in [-0.15, -0.1) is 0 Å². The second kappa shape index (κ2) is 7.78. The highest BCUT2D eigenvalue weighted by molar-refractivity contribution is 4.83. The van der Waals surface area contributed by atoms with Crippen molar-refractivity contribution in [3.63, 3.8) is 0 Å². The summed E-state index contributed by atoms with van der Waals surface area (Å²) in [6, 6.07) is 2.84. The number of nitriles is 1. The molecule has 0 rings (SSSR count). The summed E-state index contributed by atoms with van der Waals surface area (Å²) in [7, 11) is 1.71. The lowest BCUT2D eigenvalue weighted by Gasteiger charge is -2.26. The van der Waals surface area contributed by atoms with Gasteiger partial charge < -0.3 is 10.1 Å². The van der Waals surface area contributed by atoms with Crippen molar-refractivity contribution in [1.82, 2.24) is 5.32 Å². The van der Waals surface area contributed by atoms with Gasteiger partial charge in [0.2, 0.25) is 0 Å². The van der Waals surface area contributed by atoms with Crippen molar-refractivity contribution in [3.8, 4) is 6.07 Å². The summed E-state index contributed by atoms with van der Waals surface area (Å²) in [5.74, 6) is 0.530. The summed E-state index contributed by atoms with van der Waals surface area (Å²) in [5, 5.41) is 12.1. The molecule has 0 spiro atoms. The number of hydrogen-bond donors (Lipinski definition) is 1. The summed E-state index contributed by atoms with van der Waals surface area (Å²) in [6.07, 6.45) is 1.56. The fourth-order valence-electron chi connectivity index (χ4n) is 1.35. The highest BCUT2D eigenvalue weighted by Gasteiger charge is 2.16. The third kappa shape index (κ3) is 5.21. The van der Waals surface area contributed by atoms with E-state index in [1.807, 2.05) is 0 Å². The zero-order chi connectivity index (χ0) is 11.0. The quantitative estimate of drug-likeness (QED) is 0.680. The molecule has 0 aromatic heterocycles. The van der Waals surface area contributed by atoms with E-state index in [0.29, 0.717) is 31.0 Å². The summed E-state index contributed by atoms with van der Waals surface area (Å²) in [4.78, 5) is 0. The number of hydrogen-bond acceptors (Lipinski definition) is 3. The smallest absolute Gasteiger partial charge is 0.0638 e. The van der Waals surface area contributed by atoms with Crippen LogP contribution in [0, 0.1) is 17.2 Å². The second-order valence-electron chi connectivity index (χ2n) is 3.94. The van der Waals surface area contributed by atoms with Gasteiger partial charge in [0.1, 0.15) is 0 Å². The molecule has 0 heterocycles. The van der Waals surface area contributed by atoms with Gasteiger partial charge in [0, 0.05) is 19.2 Å². The minimum absolute atomic E-state index is 0.294. The maximum absolute atomic E-state index is 8.63. The molecule has 82 valence electrons. The Morgan fingerprint density at radius 2 is 2.07 bits per heavy atom.